The standard InChI is InChI=1S/C8H8F6N2O3S/c1-20(19)15(3-7(9,10)11)5(17)2-6(18)16(20)4-8(12,13)14/h1-4H2. The Balaban J connectivity index is 3.16. The second kappa shape index (κ2) is 4.82. The summed E-state index contributed by atoms with van der Waals surface area (Å²) in [6, 6.07) is 0. The Morgan fingerprint density at radius 3 is 1.50 bits per heavy atom. The normalized spacial score (nSPS) is 20.5. The van der Waals surface area contributed by atoms with Crippen LogP contribution in [0.2, 0.25) is 0 Å². The van der Waals surface area contributed by atoms with Crippen molar-refractivity contribution in [1.82, 2.24) is 8.61 Å². The average Bonchev–Trinajstić information content (AvgIpc) is 2.17. The number of nitrogens with zero attached hydrogens (tertiary/aromatic N) is 2. The van der Waals surface area contributed by atoms with Crippen LogP contribution >= 0.6 is 0 Å². The topological polar surface area (TPSA) is 57.7 Å². The summed E-state index contributed by atoms with van der Waals surface area (Å²) in [5.41, 5.74) is 0. The van der Waals surface area contributed by atoms with Gasteiger partial charge in [-0.2, -0.15) is 26.3 Å². The molecule has 1 rings (SSSR count). The maximum Gasteiger partial charge on any atom is 0.407 e. The molecule has 0 aliphatic carbocycles. The minimum Gasteiger partial charge on any atom is -0.273 e. The van der Waals surface area contributed by atoms with Crippen LogP contribution in [0.15, 0.2) is 0 Å². The van der Waals surface area contributed by atoms with Crippen LogP contribution in [-0.4, -0.2) is 55.9 Å². The summed E-state index contributed by atoms with van der Waals surface area (Å²) in [5, 5.41) is 0. The van der Waals surface area contributed by atoms with Gasteiger partial charge in [0.1, 0.15) is 29.4 Å². The molecule has 5 nitrogen and oxygen atoms in total. The monoisotopic (exact) mass is 326 g/mol. The summed E-state index contributed by atoms with van der Waals surface area (Å²) in [7, 11) is -4.50. The van der Waals surface area contributed by atoms with Gasteiger partial charge < -0.3 is 0 Å². The molecule has 0 unspecified atom stereocenters. The molecule has 116 valence electrons. The van der Waals surface area contributed by atoms with Gasteiger partial charge in [0.15, 0.2) is 0 Å². The molecule has 0 aromatic rings. The number of alkyl halides is 6. The van der Waals surface area contributed by atoms with Gasteiger partial charge in [-0.25, -0.2) is 12.8 Å². The Bertz CT molecular complexity index is 483. The first kappa shape index (κ1) is 16.6. The lowest BCUT2D eigenvalue weighted by Gasteiger charge is -2.38. The summed E-state index contributed by atoms with van der Waals surface area (Å²) < 4.78 is 84.7. The van der Waals surface area contributed by atoms with Gasteiger partial charge in [-0.05, 0) is 5.87 Å². The van der Waals surface area contributed by atoms with Crippen LogP contribution in [0.25, 0.3) is 0 Å². The molecule has 2 amide bonds. The highest BCUT2D eigenvalue weighted by Gasteiger charge is 2.47. The van der Waals surface area contributed by atoms with Gasteiger partial charge in [0, 0.05) is 0 Å². The molecule has 1 aliphatic heterocycles. The molecule has 0 radical (unpaired) electrons. The van der Waals surface area contributed by atoms with Crippen LogP contribution in [0.1, 0.15) is 6.42 Å². The maximum atomic E-state index is 12.2. The summed E-state index contributed by atoms with van der Waals surface area (Å²) in [6.45, 7) is -4.09. The number of rotatable bonds is 2. The van der Waals surface area contributed by atoms with E-state index >= 15 is 0 Å². The van der Waals surface area contributed by atoms with Crippen molar-refractivity contribution in [3.05, 3.63) is 0 Å². The lowest BCUT2D eigenvalue weighted by molar-refractivity contribution is -0.162. The number of carbonyl (C=O) groups excluding carboxylic acids is 2. The number of amides is 2. The molecule has 0 saturated carbocycles. The summed E-state index contributed by atoms with van der Waals surface area (Å²) in [5.74, 6) is -0.262. The molecular weight excluding hydrogens is 318 g/mol. The van der Waals surface area contributed by atoms with Crippen LogP contribution in [0, 0.1) is 0 Å². The molecule has 1 heterocycles. The molecule has 12 heteroatoms. The van der Waals surface area contributed by atoms with Crippen LogP contribution in [0.5, 0.6) is 0 Å². The van der Waals surface area contributed by atoms with E-state index in [2.05, 4.69) is 5.87 Å². The van der Waals surface area contributed by atoms with Crippen molar-refractivity contribution in [3.63, 3.8) is 0 Å². The van der Waals surface area contributed by atoms with Gasteiger partial charge in [-0.15, -0.1) is 0 Å². The third-order valence-corrected chi connectivity index (χ3v) is 4.24. The van der Waals surface area contributed by atoms with Crippen LogP contribution in [0.4, 0.5) is 26.3 Å². The third kappa shape index (κ3) is 3.77. The van der Waals surface area contributed by atoms with Crippen molar-refractivity contribution in [2.75, 3.05) is 13.1 Å². The second-order valence-corrected chi connectivity index (χ2v) is 5.97. The highest BCUT2D eigenvalue weighted by Crippen LogP contribution is 2.27. The van der Waals surface area contributed by atoms with E-state index in [9.17, 15) is 40.1 Å². The zero-order valence-electron chi connectivity index (χ0n) is 9.62. The van der Waals surface area contributed by atoms with E-state index in [1.165, 1.54) is 0 Å². The fraction of sp³-hybridized carbons (Fsp3) is 0.625. The summed E-state index contributed by atoms with van der Waals surface area (Å²) >= 11 is 0. The zero-order valence-corrected chi connectivity index (χ0v) is 10.4. The molecule has 1 saturated heterocycles. The molecule has 0 spiro atoms. The molecule has 1 fully saturated rings. The molecule has 0 aromatic carbocycles. The van der Waals surface area contributed by atoms with Crippen molar-refractivity contribution in [1.29, 1.82) is 0 Å². The first-order valence-corrected chi connectivity index (χ1v) is 6.50. The van der Waals surface area contributed by atoms with E-state index in [0.717, 1.165) is 0 Å². The first-order valence-electron chi connectivity index (χ1n) is 4.86. The number of hydrogen-bond acceptors (Lipinski definition) is 3. The fourth-order valence-electron chi connectivity index (χ4n) is 1.45. The predicted octanol–water partition coefficient (Wildman–Crippen LogP) is 0.718. The molecule has 0 bridgehead atoms. The quantitative estimate of drug-likeness (QED) is 0.427. The van der Waals surface area contributed by atoms with E-state index in [1.807, 2.05) is 0 Å². The SMILES string of the molecule is C=S1(=O)N(CC(F)(F)F)C(=O)CC(=O)N1CC(F)(F)F. The van der Waals surface area contributed by atoms with Crippen molar-refractivity contribution in [3.8, 4) is 0 Å². The molecule has 0 atom stereocenters. The van der Waals surface area contributed by atoms with Gasteiger partial charge in [-0.3, -0.25) is 9.59 Å². The van der Waals surface area contributed by atoms with Gasteiger partial charge in [0.2, 0.25) is 11.8 Å². The predicted molar refractivity (Wildman–Crippen MR) is 55.4 cm³/mol. The minimum atomic E-state index is -4.99. The number of hydrogen-bond donors (Lipinski definition) is 0. The van der Waals surface area contributed by atoms with Gasteiger partial charge >= 0.3 is 12.4 Å². The van der Waals surface area contributed by atoms with Crippen LogP contribution in [-0.2, 0) is 19.5 Å². The Morgan fingerprint density at radius 2 is 1.25 bits per heavy atom. The largest absolute Gasteiger partial charge is 0.407 e. The molecular formula is C8H8F6N2O3S. The van der Waals surface area contributed by atoms with Gasteiger partial charge in [0.05, 0.1) is 0 Å². The maximum absolute atomic E-state index is 12.2. The van der Waals surface area contributed by atoms with Crippen molar-refractivity contribution < 1.29 is 40.1 Å². The Hall–Kier alpha value is -1.46. The zero-order chi connectivity index (χ0) is 15.9. The van der Waals surface area contributed by atoms with Gasteiger partial charge in [0.25, 0.3) is 0 Å². The van der Waals surface area contributed by atoms with Gasteiger partial charge in [-0.1, -0.05) is 0 Å². The molecule has 0 N–H and O–H groups in total. The highest BCUT2D eigenvalue weighted by molar-refractivity contribution is 7.97. The second-order valence-electron chi connectivity index (χ2n) is 3.87. The summed E-state index contributed by atoms with van der Waals surface area (Å²) in [6.07, 6.45) is -11.2. The fourth-order valence-corrected chi connectivity index (χ4v) is 3.15. The van der Waals surface area contributed by atoms with E-state index in [0.29, 0.717) is 0 Å². The number of halogens is 6. The smallest absolute Gasteiger partial charge is 0.273 e. The Kier molecular flexibility index (Phi) is 4.00. The van der Waals surface area contributed by atoms with E-state index in [-0.39, 0.29) is 8.61 Å². The third-order valence-electron chi connectivity index (χ3n) is 2.19. The van der Waals surface area contributed by atoms with Crippen molar-refractivity contribution in [2.45, 2.75) is 18.8 Å². The van der Waals surface area contributed by atoms with E-state index in [1.54, 1.807) is 0 Å². The van der Waals surface area contributed by atoms with Crippen molar-refractivity contribution in [2.24, 2.45) is 0 Å². The van der Waals surface area contributed by atoms with Crippen LogP contribution < -0.4 is 0 Å². The van der Waals surface area contributed by atoms with E-state index < -0.39 is 53.6 Å². The molecule has 0 aromatic heterocycles. The average molecular weight is 326 g/mol. The Morgan fingerprint density at radius 1 is 0.950 bits per heavy atom. The lowest BCUT2D eigenvalue weighted by Crippen LogP contribution is -2.58. The van der Waals surface area contributed by atoms with E-state index in [4.69, 9.17) is 0 Å². The highest BCUT2D eigenvalue weighted by atomic mass is 32.2. The number of carbonyl (C=O) groups is 2. The minimum absolute atomic E-state index is 0.347. The summed E-state index contributed by atoms with van der Waals surface area (Å²) in [4.78, 5) is 22.6. The molecule has 20 heavy (non-hydrogen) atoms. The van der Waals surface area contributed by atoms with Crippen molar-refractivity contribution >= 4 is 27.6 Å². The molecule has 1 aliphatic rings. The Labute approximate surface area is 109 Å². The van der Waals surface area contributed by atoms with Crippen LogP contribution in [0.3, 0.4) is 0 Å². The lowest BCUT2D eigenvalue weighted by atomic mass is 10.3. The first-order chi connectivity index (χ1) is 8.74.